The first-order chi connectivity index (χ1) is 6.34. The molecule has 0 aliphatic heterocycles. The van der Waals surface area contributed by atoms with Gasteiger partial charge in [0.2, 0.25) is 0 Å². The first-order valence-corrected chi connectivity index (χ1v) is 5.38. The third-order valence-corrected chi connectivity index (χ3v) is 2.74. The summed E-state index contributed by atoms with van der Waals surface area (Å²) < 4.78 is 0.782. The molecule has 3 nitrogen and oxygen atoms in total. The van der Waals surface area contributed by atoms with E-state index in [4.69, 9.17) is 0 Å². The first-order valence-electron chi connectivity index (χ1n) is 4.59. The van der Waals surface area contributed by atoms with E-state index < -0.39 is 0 Å². The van der Waals surface area contributed by atoms with Crippen molar-refractivity contribution in [2.45, 2.75) is 31.7 Å². The number of rotatable bonds is 2. The molecule has 1 fully saturated rings. The molecule has 1 heterocycles. The van der Waals surface area contributed by atoms with Gasteiger partial charge in [-0.05, 0) is 28.8 Å². The summed E-state index contributed by atoms with van der Waals surface area (Å²) in [5.41, 5.74) is 0. The van der Waals surface area contributed by atoms with Crippen molar-refractivity contribution in [3.63, 3.8) is 0 Å². The van der Waals surface area contributed by atoms with Crippen LogP contribution < -0.4 is 5.32 Å². The van der Waals surface area contributed by atoms with Gasteiger partial charge in [-0.1, -0.05) is 12.8 Å². The van der Waals surface area contributed by atoms with Gasteiger partial charge in [-0.3, -0.25) is 0 Å². The fourth-order valence-corrected chi connectivity index (χ4v) is 1.87. The van der Waals surface area contributed by atoms with E-state index in [0.29, 0.717) is 6.04 Å². The van der Waals surface area contributed by atoms with E-state index in [1.807, 2.05) is 0 Å². The zero-order valence-electron chi connectivity index (χ0n) is 7.33. The number of nitrogens with zero attached hydrogens (tertiary/aromatic N) is 2. The summed E-state index contributed by atoms with van der Waals surface area (Å²) in [5, 5.41) is 3.37. The van der Waals surface area contributed by atoms with Crippen molar-refractivity contribution in [1.82, 2.24) is 9.97 Å². The number of anilines is 1. The maximum Gasteiger partial charge on any atom is 0.144 e. The molecule has 0 aromatic carbocycles. The maximum atomic E-state index is 4.22. The topological polar surface area (TPSA) is 37.8 Å². The molecular weight excluding hydrogens is 230 g/mol. The summed E-state index contributed by atoms with van der Waals surface area (Å²) in [6.45, 7) is 0. The molecule has 2 rings (SSSR count). The predicted octanol–water partition coefficient (Wildman–Crippen LogP) is 2.59. The van der Waals surface area contributed by atoms with Gasteiger partial charge in [-0.2, -0.15) is 0 Å². The Balaban J connectivity index is 1.97. The molecule has 0 amide bonds. The van der Waals surface area contributed by atoms with Gasteiger partial charge in [0.15, 0.2) is 0 Å². The first kappa shape index (κ1) is 8.94. The highest BCUT2D eigenvalue weighted by molar-refractivity contribution is 9.10. The summed E-state index contributed by atoms with van der Waals surface area (Å²) in [5.74, 6) is 0.884. The SMILES string of the molecule is Brc1cnc(NC2CCCC2)cn1. The number of hydrogen-bond donors (Lipinski definition) is 1. The highest BCUT2D eigenvalue weighted by Gasteiger charge is 2.14. The Morgan fingerprint density at radius 2 is 2.00 bits per heavy atom. The molecule has 0 spiro atoms. The van der Waals surface area contributed by atoms with Gasteiger partial charge in [0, 0.05) is 6.04 Å². The van der Waals surface area contributed by atoms with Crippen molar-refractivity contribution in [2.24, 2.45) is 0 Å². The number of halogens is 1. The fourth-order valence-electron chi connectivity index (χ4n) is 1.67. The number of hydrogen-bond acceptors (Lipinski definition) is 3. The van der Waals surface area contributed by atoms with E-state index >= 15 is 0 Å². The Bertz CT molecular complexity index is 267. The Morgan fingerprint density at radius 3 is 2.62 bits per heavy atom. The predicted molar refractivity (Wildman–Crippen MR) is 55.6 cm³/mol. The monoisotopic (exact) mass is 241 g/mol. The van der Waals surface area contributed by atoms with Crippen LogP contribution in [0.25, 0.3) is 0 Å². The summed E-state index contributed by atoms with van der Waals surface area (Å²) >= 11 is 3.26. The summed E-state index contributed by atoms with van der Waals surface area (Å²) in [4.78, 5) is 8.33. The van der Waals surface area contributed by atoms with Gasteiger partial charge in [-0.25, -0.2) is 9.97 Å². The number of nitrogens with one attached hydrogen (secondary N) is 1. The molecule has 1 N–H and O–H groups in total. The lowest BCUT2D eigenvalue weighted by Gasteiger charge is -2.11. The highest BCUT2D eigenvalue weighted by Crippen LogP contribution is 2.21. The Morgan fingerprint density at radius 1 is 1.23 bits per heavy atom. The molecule has 0 atom stereocenters. The van der Waals surface area contributed by atoms with E-state index in [1.165, 1.54) is 25.7 Å². The van der Waals surface area contributed by atoms with Gasteiger partial charge in [0.25, 0.3) is 0 Å². The minimum Gasteiger partial charge on any atom is -0.366 e. The molecule has 1 aliphatic carbocycles. The van der Waals surface area contributed by atoms with Crippen LogP contribution in [0.1, 0.15) is 25.7 Å². The number of aromatic nitrogens is 2. The van der Waals surface area contributed by atoms with Crippen molar-refractivity contribution in [3.05, 3.63) is 17.0 Å². The second-order valence-electron chi connectivity index (χ2n) is 3.35. The zero-order chi connectivity index (χ0) is 9.10. The molecule has 0 radical (unpaired) electrons. The van der Waals surface area contributed by atoms with Crippen molar-refractivity contribution in [2.75, 3.05) is 5.32 Å². The lowest BCUT2D eigenvalue weighted by molar-refractivity contribution is 0.749. The lowest BCUT2D eigenvalue weighted by atomic mass is 10.2. The molecule has 1 saturated carbocycles. The summed E-state index contributed by atoms with van der Waals surface area (Å²) in [7, 11) is 0. The summed E-state index contributed by atoms with van der Waals surface area (Å²) in [6, 6.07) is 0.607. The molecule has 1 aliphatic rings. The molecule has 1 aromatic heterocycles. The average molecular weight is 242 g/mol. The van der Waals surface area contributed by atoms with Crippen LogP contribution in [0.3, 0.4) is 0 Å². The standard InChI is InChI=1S/C9H12BrN3/c10-8-5-12-9(6-11-8)13-7-3-1-2-4-7/h5-7H,1-4H2,(H,12,13). The van der Waals surface area contributed by atoms with Crippen LogP contribution in [0.15, 0.2) is 17.0 Å². The van der Waals surface area contributed by atoms with Crippen LogP contribution in [0.2, 0.25) is 0 Å². The fraction of sp³-hybridized carbons (Fsp3) is 0.556. The third kappa shape index (κ3) is 2.40. The molecule has 13 heavy (non-hydrogen) atoms. The Kier molecular flexibility index (Phi) is 2.78. The second kappa shape index (κ2) is 4.05. The van der Waals surface area contributed by atoms with Crippen LogP contribution in [-0.4, -0.2) is 16.0 Å². The van der Waals surface area contributed by atoms with Gasteiger partial charge < -0.3 is 5.32 Å². The quantitative estimate of drug-likeness (QED) is 0.866. The van der Waals surface area contributed by atoms with Crippen molar-refractivity contribution >= 4 is 21.7 Å². The van der Waals surface area contributed by atoms with Gasteiger partial charge >= 0.3 is 0 Å². The van der Waals surface area contributed by atoms with Gasteiger partial charge in [-0.15, -0.1) is 0 Å². The highest BCUT2D eigenvalue weighted by atomic mass is 79.9. The normalized spacial score (nSPS) is 17.6. The molecule has 1 aromatic rings. The van der Waals surface area contributed by atoms with E-state index in [9.17, 15) is 0 Å². The zero-order valence-corrected chi connectivity index (χ0v) is 8.92. The lowest BCUT2D eigenvalue weighted by Crippen LogP contribution is -2.15. The molecule has 0 saturated heterocycles. The van der Waals surface area contributed by atoms with Gasteiger partial charge in [0.05, 0.1) is 12.4 Å². The van der Waals surface area contributed by atoms with Crippen LogP contribution in [0.5, 0.6) is 0 Å². The van der Waals surface area contributed by atoms with Gasteiger partial charge in [0.1, 0.15) is 10.4 Å². The molecular formula is C9H12BrN3. The Hall–Kier alpha value is -0.640. The average Bonchev–Trinajstić information content (AvgIpc) is 2.62. The smallest absolute Gasteiger partial charge is 0.144 e. The third-order valence-electron chi connectivity index (χ3n) is 2.33. The summed E-state index contributed by atoms with van der Waals surface area (Å²) in [6.07, 6.45) is 8.68. The molecule has 4 heteroatoms. The van der Waals surface area contributed by atoms with Crippen LogP contribution in [0, 0.1) is 0 Å². The van der Waals surface area contributed by atoms with Crippen LogP contribution in [0.4, 0.5) is 5.82 Å². The second-order valence-corrected chi connectivity index (χ2v) is 4.16. The minimum absolute atomic E-state index is 0.607. The Labute approximate surface area is 86.1 Å². The van der Waals surface area contributed by atoms with E-state index in [2.05, 4.69) is 31.2 Å². The van der Waals surface area contributed by atoms with E-state index in [1.54, 1.807) is 12.4 Å². The van der Waals surface area contributed by atoms with Crippen LogP contribution >= 0.6 is 15.9 Å². The molecule has 0 bridgehead atoms. The largest absolute Gasteiger partial charge is 0.366 e. The van der Waals surface area contributed by atoms with Crippen molar-refractivity contribution in [1.29, 1.82) is 0 Å². The van der Waals surface area contributed by atoms with E-state index in [0.717, 1.165) is 10.4 Å². The van der Waals surface area contributed by atoms with E-state index in [-0.39, 0.29) is 0 Å². The van der Waals surface area contributed by atoms with Crippen LogP contribution in [-0.2, 0) is 0 Å². The minimum atomic E-state index is 0.607. The van der Waals surface area contributed by atoms with Crippen molar-refractivity contribution < 1.29 is 0 Å². The van der Waals surface area contributed by atoms with Crippen molar-refractivity contribution in [3.8, 4) is 0 Å². The molecule has 0 unspecified atom stereocenters. The maximum absolute atomic E-state index is 4.22. The molecule has 70 valence electrons.